The summed E-state index contributed by atoms with van der Waals surface area (Å²) in [4.78, 5) is 16.5. The molecule has 2 aliphatic rings. The average molecular weight is 245 g/mol. The molecule has 0 bridgehead atoms. The maximum atomic E-state index is 12.0. The first-order valence-corrected chi connectivity index (χ1v) is 6.84. The monoisotopic (exact) mass is 244 g/mol. The van der Waals surface area contributed by atoms with Gasteiger partial charge in [0, 0.05) is 30.9 Å². The van der Waals surface area contributed by atoms with Gasteiger partial charge in [-0.25, -0.2) is 0 Å². The van der Waals surface area contributed by atoms with Crippen LogP contribution in [0.25, 0.3) is 0 Å². The first-order chi connectivity index (χ1) is 7.72. The van der Waals surface area contributed by atoms with Crippen LogP contribution in [0.4, 0.5) is 0 Å². The molecule has 0 aliphatic carbocycles. The van der Waals surface area contributed by atoms with Crippen molar-refractivity contribution in [3.05, 3.63) is 0 Å². The van der Waals surface area contributed by atoms with E-state index in [1.54, 1.807) is 0 Å². The fourth-order valence-corrected chi connectivity index (χ4v) is 2.86. The predicted octanol–water partition coefficient (Wildman–Crippen LogP) is 1.56. The van der Waals surface area contributed by atoms with Crippen molar-refractivity contribution in [1.29, 1.82) is 0 Å². The van der Waals surface area contributed by atoms with Crippen molar-refractivity contribution in [3.63, 3.8) is 0 Å². The van der Waals surface area contributed by atoms with Crippen LogP contribution in [0.2, 0.25) is 0 Å². The summed E-state index contributed by atoms with van der Waals surface area (Å²) in [6.07, 6.45) is 3.78. The van der Waals surface area contributed by atoms with Crippen molar-refractivity contribution < 1.29 is 4.79 Å². The lowest BCUT2D eigenvalue weighted by Gasteiger charge is -2.24. The number of hydrogen-bond acceptors (Lipinski definition) is 2. The van der Waals surface area contributed by atoms with Crippen LogP contribution in [0.5, 0.6) is 0 Å². The quantitative estimate of drug-likeness (QED) is 0.704. The minimum Gasteiger partial charge on any atom is -0.341 e. The SMILES string of the molecule is CC(CCl)C(=O)N1CCC(N2CCCC2)C1. The van der Waals surface area contributed by atoms with E-state index in [4.69, 9.17) is 11.6 Å². The number of likely N-dealkylation sites (tertiary alicyclic amines) is 2. The van der Waals surface area contributed by atoms with E-state index in [1.165, 1.54) is 25.9 Å². The van der Waals surface area contributed by atoms with Crippen LogP contribution in [-0.2, 0) is 4.79 Å². The summed E-state index contributed by atoms with van der Waals surface area (Å²) in [6, 6.07) is 0.606. The number of hydrogen-bond donors (Lipinski definition) is 0. The Bertz CT molecular complexity index is 253. The van der Waals surface area contributed by atoms with Gasteiger partial charge in [-0.3, -0.25) is 9.69 Å². The second kappa shape index (κ2) is 5.37. The molecule has 2 aliphatic heterocycles. The molecule has 0 aromatic rings. The number of rotatable bonds is 3. The van der Waals surface area contributed by atoms with Gasteiger partial charge in [0.05, 0.1) is 0 Å². The summed E-state index contributed by atoms with van der Waals surface area (Å²) in [7, 11) is 0. The predicted molar refractivity (Wildman–Crippen MR) is 65.7 cm³/mol. The van der Waals surface area contributed by atoms with Crippen molar-refractivity contribution in [2.45, 2.75) is 32.2 Å². The Morgan fingerprint density at radius 2 is 2.06 bits per heavy atom. The molecule has 2 rings (SSSR count). The largest absolute Gasteiger partial charge is 0.341 e. The molecule has 92 valence electrons. The zero-order valence-electron chi connectivity index (χ0n) is 9.99. The molecule has 2 saturated heterocycles. The van der Waals surface area contributed by atoms with Gasteiger partial charge in [-0.1, -0.05) is 6.92 Å². The van der Waals surface area contributed by atoms with Gasteiger partial charge >= 0.3 is 0 Å². The van der Waals surface area contributed by atoms with Gasteiger partial charge < -0.3 is 4.90 Å². The van der Waals surface area contributed by atoms with E-state index >= 15 is 0 Å². The van der Waals surface area contributed by atoms with Gasteiger partial charge in [0.25, 0.3) is 0 Å². The van der Waals surface area contributed by atoms with Crippen molar-refractivity contribution in [2.75, 3.05) is 32.1 Å². The lowest BCUT2D eigenvalue weighted by molar-refractivity contribution is -0.133. The van der Waals surface area contributed by atoms with E-state index in [1.807, 2.05) is 11.8 Å². The Labute approximate surface area is 103 Å². The number of carbonyl (C=O) groups excluding carboxylic acids is 1. The zero-order chi connectivity index (χ0) is 11.5. The number of alkyl halides is 1. The molecule has 0 N–H and O–H groups in total. The van der Waals surface area contributed by atoms with Crippen molar-refractivity contribution in [2.24, 2.45) is 5.92 Å². The van der Waals surface area contributed by atoms with Gasteiger partial charge in [-0.05, 0) is 32.4 Å². The summed E-state index contributed by atoms with van der Waals surface area (Å²) in [5.41, 5.74) is 0. The van der Waals surface area contributed by atoms with Crippen molar-refractivity contribution >= 4 is 17.5 Å². The molecular weight excluding hydrogens is 224 g/mol. The van der Waals surface area contributed by atoms with E-state index in [0.717, 1.165) is 19.5 Å². The molecule has 2 unspecified atom stereocenters. The Kier molecular flexibility index (Phi) is 4.09. The van der Waals surface area contributed by atoms with Gasteiger partial charge in [0.2, 0.25) is 5.91 Å². The summed E-state index contributed by atoms with van der Waals surface area (Å²) in [5, 5.41) is 0. The van der Waals surface area contributed by atoms with Crippen LogP contribution >= 0.6 is 11.6 Å². The van der Waals surface area contributed by atoms with E-state index < -0.39 is 0 Å². The second-order valence-corrected chi connectivity index (χ2v) is 5.33. The highest BCUT2D eigenvalue weighted by Crippen LogP contribution is 2.21. The molecule has 0 spiro atoms. The highest BCUT2D eigenvalue weighted by Gasteiger charge is 2.32. The molecule has 0 aromatic heterocycles. The average Bonchev–Trinajstić information content (AvgIpc) is 2.96. The maximum absolute atomic E-state index is 12.0. The fourth-order valence-electron chi connectivity index (χ4n) is 2.72. The fraction of sp³-hybridized carbons (Fsp3) is 0.917. The maximum Gasteiger partial charge on any atom is 0.226 e. The summed E-state index contributed by atoms with van der Waals surface area (Å²) < 4.78 is 0. The number of halogens is 1. The number of nitrogens with zero attached hydrogens (tertiary/aromatic N) is 2. The third-order valence-corrected chi connectivity index (χ3v) is 4.25. The van der Waals surface area contributed by atoms with Crippen LogP contribution in [0.3, 0.4) is 0 Å². The standard InChI is InChI=1S/C12H21ClN2O/c1-10(8-13)12(16)15-7-4-11(9-15)14-5-2-3-6-14/h10-11H,2-9H2,1H3. The molecule has 0 aromatic carbocycles. The molecule has 0 radical (unpaired) electrons. The van der Waals surface area contributed by atoms with E-state index in [2.05, 4.69) is 4.90 Å². The summed E-state index contributed by atoms with van der Waals surface area (Å²) in [5.74, 6) is 0.639. The van der Waals surface area contributed by atoms with Crippen LogP contribution in [0.1, 0.15) is 26.2 Å². The molecule has 16 heavy (non-hydrogen) atoms. The lowest BCUT2D eigenvalue weighted by Crippen LogP contribution is -2.39. The lowest BCUT2D eigenvalue weighted by atomic mass is 10.2. The molecule has 1 amide bonds. The Morgan fingerprint density at radius 1 is 1.38 bits per heavy atom. The smallest absolute Gasteiger partial charge is 0.226 e. The van der Waals surface area contributed by atoms with Crippen LogP contribution in [0.15, 0.2) is 0 Å². The van der Waals surface area contributed by atoms with Gasteiger partial charge in [0.15, 0.2) is 0 Å². The van der Waals surface area contributed by atoms with E-state index in [-0.39, 0.29) is 11.8 Å². The highest BCUT2D eigenvalue weighted by molar-refractivity contribution is 6.19. The van der Waals surface area contributed by atoms with E-state index in [0.29, 0.717) is 11.9 Å². The minimum absolute atomic E-state index is 0.0287. The summed E-state index contributed by atoms with van der Waals surface area (Å²) >= 11 is 5.73. The minimum atomic E-state index is -0.0287. The topological polar surface area (TPSA) is 23.6 Å². The molecule has 2 atom stereocenters. The zero-order valence-corrected chi connectivity index (χ0v) is 10.7. The second-order valence-electron chi connectivity index (χ2n) is 5.03. The molecule has 0 saturated carbocycles. The Hall–Kier alpha value is -0.280. The molecular formula is C12H21ClN2O. The Balaban J connectivity index is 1.85. The molecule has 2 fully saturated rings. The van der Waals surface area contributed by atoms with Crippen molar-refractivity contribution in [1.82, 2.24) is 9.80 Å². The number of amides is 1. The van der Waals surface area contributed by atoms with Crippen LogP contribution in [-0.4, -0.2) is 53.8 Å². The van der Waals surface area contributed by atoms with Gasteiger partial charge in [0.1, 0.15) is 0 Å². The van der Waals surface area contributed by atoms with Gasteiger partial charge in [-0.15, -0.1) is 11.6 Å². The first-order valence-electron chi connectivity index (χ1n) is 6.31. The summed E-state index contributed by atoms with van der Waals surface area (Å²) in [6.45, 7) is 6.19. The third kappa shape index (κ3) is 2.51. The van der Waals surface area contributed by atoms with Crippen LogP contribution < -0.4 is 0 Å². The van der Waals surface area contributed by atoms with Gasteiger partial charge in [-0.2, -0.15) is 0 Å². The Morgan fingerprint density at radius 3 is 2.69 bits per heavy atom. The van der Waals surface area contributed by atoms with Crippen molar-refractivity contribution in [3.8, 4) is 0 Å². The van der Waals surface area contributed by atoms with Crippen LogP contribution in [0, 0.1) is 5.92 Å². The highest BCUT2D eigenvalue weighted by atomic mass is 35.5. The molecule has 3 nitrogen and oxygen atoms in total. The third-order valence-electron chi connectivity index (χ3n) is 3.79. The molecule has 4 heteroatoms. The molecule has 2 heterocycles. The number of carbonyl (C=O) groups is 1. The first kappa shape index (κ1) is 12.2. The van der Waals surface area contributed by atoms with E-state index in [9.17, 15) is 4.79 Å². The normalized spacial score (nSPS) is 28.6.